The zero-order valence-electron chi connectivity index (χ0n) is 18.1. The summed E-state index contributed by atoms with van der Waals surface area (Å²) >= 11 is 9.03. The molecule has 0 spiro atoms. The molecule has 0 saturated heterocycles. The molecule has 1 amide bonds. The minimum atomic E-state index is -0.0831. The summed E-state index contributed by atoms with van der Waals surface area (Å²) in [6.45, 7) is 2.04. The molecule has 8 heteroatoms. The number of aryl methyl sites for hydroxylation is 1. The van der Waals surface area contributed by atoms with E-state index in [1.54, 1.807) is 11.8 Å². The van der Waals surface area contributed by atoms with Gasteiger partial charge in [-0.15, -0.1) is 22.0 Å². The smallest absolute Gasteiger partial charge is 0.234 e. The van der Waals surface area contributed by atoms with Crippen LogP contribution in [0.1, 0.15) is 18.3 Å². The molecule has 4 aromatic rings. The predicted octanol–water partition coefficient (Wildman–Crippen LogP) is 6.51. The minimum Gasteiger partial charge on any atom is -0.324 e. The van der Waals surface area contributed by atoms with E-state index >= 15 is 0 Å². The Morgan fingerprint density at radius 3 is 2.42 bits per heavy atom. The summed E-state index contributed by atoms with van der Waals surface area (Å²) in [6, 6.07) is 25.6. The number of thioether (sulfide) groups is 2. The summed E-state index contributed by atoms with van der Waals surface area (Å²) in [5, 5.41) is 13.1. The molecule has 1 N–H and O–H groups in total. The molecule has 0 aliphatic heterocycles. The highest BCUT2D eigenvalue weighted by molar-refractivity contribution is 7.99. The quantitative estimate of drug-likeness (QED) is 0.269. The van der Waals surface area contributed by atoms with Crippen LogP contribution < -0.4 is 5.32 Å². The van der Waals surface area contributed by atoms with Gasteiger partial charge in [0.15, 0.2) is 5.16 Å². The molecule has 168 valence electrons. The second-order valence-corrected chi connectivity index (χ2v) is 9.57. The summed E-state index contributed by atoms with van der Waals surface area (Å²) in [6.07, 6.45) is 0.757. The topological polar surface area (TPSA) is 59.8 Å². The molecule has 5 nitrogen and oxygen atoms in total. The molecule has 0 unspecified atom stereocenters. The lowest BCUT2D eigenvalue weighted by atomic mass is 10.2. The van der Waals surface area contributed by atoms with Crippen LogP contribution in [0.5, 0.6) is 0 Å². The Bertz CT molecular complexity index is 1210. The average Bonchev–Trinajstić information content (AvgIpc) is 3.27. The summed E-state index contributed by atoms with van der Waals surface area (Å²) in [5.41, 5.74) is 2.97. The van der Waals surface area contributed by atoms with Crippen LogP contribution in [0, 0.1) is 0 Å². The van der Waals surface area contributed by atoms with E-state index in [2.05, 4.69) is 15.5 Å². The molecule has 0 radical (unpaired) electrons. The maximum absolute atomic E-state index is 12.8. The molecule has 1 heterocycles. The van der Waals surface area contributed by atoms with Crippen molar-refractivity contribution in [1.29, 1.82) is 0 Å². The van der Waals surface area contributed by atoms with Crippen molar-refractivity contribution in [1.82, 2.24) is 14.8 Å². The van der Waals surface area contributed by atoms with Crippen molar-refractivity contribution in [3.8, 4) is 5.69 Å². The Morgan fingerprint density at radius 2 is 1.67 bits per heavy atom. The van der Waals surface area contributed by atoms with Gasteiger partial charge in [-0.25, -0.2) is 0 Å². The van der Waals surface area contributed by atoms with E-state index in [0.29, 0.717) is 5.16 Å². The van der Waals surface area contributed by atoms with E-state index in [9.17, 15) is 4.79 Å². The second-order valence-electron chi connectivity index (χ2n) is 7.17. The number of hydrogen-bond donors (Lipinski definition) is 1. The molecule has 1 aromatic heterocycles. The molecule has 0 bridgehead atoms. The zero-order chi connectivity index (χ0) is 23.0. The largest absolute Gasteiger partial charge is 0.324 e. The normalized spacial score (nSPS) is 10.8. The summed E-state index contributed by atoms with van der Waals surface area (Å²) in [7, 11) is 0. The first-order chi connectivity index (χ1) is 16.1. The molecule has 33 heavy (non-hydrogen) atoms. The first-order valence-electron chi connectivity index (χ1n) is 10.5. The molecule has 0 atom stereocenters. The number of carbonyl (C=O) groups excluding carboxylic acids is 1. The minimum absolute atomic E-state index is 0.0831. The van der Waals surface area contributed by atoms with E-state index < -0.39 is 0 Å². The molecule has 3 aromatic carbocycles. The van der Waals surface area contributed by atoms with Crippen molar-refractivity contribution >= 4 is 46.7 Å². The summed E-state index contributed by atoms with van der Waals surface area (Å²) < 4.78 is 2.01. The predicted molar refractivity (Wildman–Crippen MR) is 138 cm³/mol. The zero-order valence-corrected chi connectivity index (χ0v) is 20.5. The third-order valence-corrected chi connectivity index (χ3v) is 7.16. The van der Waals surface area contributed by atoms with Gasteiger partial charge in [0.2, 0.25) is 5.91 Å². The lowest BCUT2D eigenvalue weighted by Crippen LogP contribution is -2.15. The van der Waals surface area contributed by atoms with Crippen molar-refractivity contribution in [2.45, 2.75) is 29.1 Å². The fraction of sp³-hybridized carbons (Fsp3) is 0.160. The number of benzene rings is 3. The van der Waals surface area contributed by atoms with Crippen LogP contribution in [0.3, 0.4) is 0 Å². The average molecular weight is 495 g/mol. The number of carbonyl (C=O) groups is 1. The first kappa shape index (κ1) is 23.4. The van der Waals surface area contributed by atoms with Crippen LogP contribution in [-0.2, 0) is 17.0 Å². The number of amides is 1. The second kappa shape index (κ2) is 11.4. The number of nitrogens with zero attached hydrogens (tertiary/aromatic N) is 3. The van der Waals surface area contributed by atoms with Crippen LogP contribution in [0.25, 0.3) is 5.69 Å². The maximum atomic E-state index is 12.8. The van der Waals surface area contributed by atoms with Gasteiger partial charge in [-0.05, 0) is 42.0 Å². The molecule has 0 aliphatic carbocycles. The number of nitrogens with one attached hydrogen (secondary N) is 1. The van der Waals surface area contributed by atoms with Crippen LogP contribution in [0.15, 0.2) is 88.9 Å². The number of rotatable bonds is 9. The summed E-state index contributed by atoms with van der Waals surface area (Å²) in [5.74, 6) is 1.82. The van der Waals surface area contributed by atoms with Crippen molar-refractivity contribution < 1.29 is 4.79 Å². The Balaban J connectivity index is 1.40. The fourth-order valence-corrected chi connectivity index (χ4v) is 5.07. The number of halogens is 1. The van der Waals surface area contributed by atoms with Crippen molar-refractivity contribution in [3.05, 3.63) is 95.3 Å². The highest BCUT2D eigenvalue weighted by atomic mass is 35.5. The van der Waals surface area contributed by atoms with Crippen molar-refractivity contribution in [2.24, 2.45) is 0 Å². The SMILES string of the molecule is CCc1nnc(SCC(=O)Nc2ccccc2SCc2ccc(Cl)cc2)n1-c1ccccc1. The standard InChI is InChI=1S/C25H23ClN4OS2/c1-2-23-28-29-25(30(23)20-8-4-3-5-9-20)33-17-24(31)27-21-10-6-7-11-22(21)32-16-18-12-14-19(26)15-13-18/h3-15H,2,16-17H2,1H3,(H,27,31). The Labute approximate surface area is 207 Å². The van der Waals surface area contributed by atoms with Gasteiger partial charge in [0, 0.05) is 27.8 Å². The van der Waals surface area contributed by atoms with E-state index in [1.165, 1.54) is 17.3 Å². The van der Waals surface area contributed by atoms with Gasteiger partial charge in [-0.3, -0.25) is 9.36 Å². The van der Waals surface area contributed by atoms with Crippen LogP contribution in [-0.4, -0.2) is 26.4 Å². The van der Waals surface area contributed by atoms with Crippen LogP contribution in [0.2, 0.25) is 5.02 Å². The maximum Gasteiger partial charge on any atom is 0.234 e. The first-order valence-corrected chi connectivity index (χ1v) is 12.9. The molecule has 0 aliphatic rings. The lowest BCUT2D eigenvalue weighted by molar-refractivity contribution is -0.113. The number of hydrogen-bond acceptors (Lipinski definition) is 5. The molecular weight excluding hydrogens is 472 g/mol. The Hall–Kier alpha value is -2.74. The molecule has 4 rings (SSSR count). The Kier molecular flexibility index (Phi) is 8.10. The molecule has 0 fully saturated rings. The van der Waals surface area contributed by atoms with Crippen LogP contribution in [0.4, 0.5) is 5.69 Å². The number of aromatic nitrogens is 3. The van der Waals surface area contributed by atoms with E-state index in [4.69, 9.17) is 11.6 Å². The molecule has 0 saturated carbocycles. The van der Waals surface area contributed by atoms with Gasteiger partial charge >= 0.3 is 0 Å². The van der Waals surface area contributed by atoms with Crippen LogP contribution >= 0.6 is 35.1 Å². The van der Waals surface area contributed by atoms with E-state index in [-0.39, 0.29) is 11.7 Å². The van der Waals surface area contributed by atoms with Gasteiger partial charge in [0.05, 0.1) is 11.4 Å². The summed E-state index contributed by atoms with van der Waals surface area (Å²) in [4.78, 5) is 13.8. The van der Waals surface area contributed by atoms with E-state index in [1.807, 2.05) is 90.4 Å². The van der Waals surface area contributed by atoms with Gasteiger partial charge in [0.1, 0.15) is 5.82 Å². The molecular formula is C25H23ClN4OS2. The van der Waals surface area contributed by atoms with Crippen molar-refractivity contribution in [2.75, 3.05) is 11.1 Å². The van der Waals surface area contributed by atoms with Gasteiger partial charge in [0.25, 0.3) is 0 Å². The third-order valence-electron chi connectivity index (χ3n) is 4.83. The highest BCUT2D eigenvalue weighted by Gasteiger charge is 2.15. The monoisotopic (exact) mass is 494 g/mol. The highest BCUT2D eigenvalue weighted by Crippen LogP contribution is 2.30. The number of para-hydroxylation sites is 2. The Morgan fingerprint density at radius 1 is 0.939 bits per heavy atom. The fourth-order valence-electron chi connectivity index (χ4n) is 3.21. The van der Waals surface area contributed by atoms with Gasteiger partial charge < -0.3 is 5.32 Å². The third kappa shape index (κ3) is 6.19. The van der Waals surface area contributed by atoms with Gasteiger partial charge in [-0.2, -0.15) is 0 Å². The number of anilines is 1. The van der Waals surface area contributed by atoms with Gasteiger partial charge in [-0.1, -0.05) is 72.8 Å². The van der Waals surface area contributed by atoms with Crippen molar-refractivity contribution in [3.63, 3.8) is 0 Å². The van der Waals surface area contributed by atoms with E-state index in [0.717, 1.165) is 39.3 Å². The lowest BCUT2D eigenvalue weighted by Gasteiger charge is -2.12.